The van der Waals surface area contributed by atoms with E-state index in [0.717, 1.165) is 50.5 Å². The van der Waals surface area contributed by atoms with Crippen molar-refractivity contribution in [3.8, 4) is 11.5 Å². The molecule has 0 aromatic heterocycles. The van der Waals surface area contributed by atoms with Gasteiger partial charge in [0.15, 0.2) is 5.79 Å². The number of phenols is 2. The minimum absolute atomic E-state index is 0.00168. The molecule has 2 N–H and O–H groups in total. The fraction of sp³-hybridized carbons (Fsp3) is 0.692. The first-order valence-electron chi connectivity index (χ1n) is 17.0. The Morgan fingerprint density at radius 1 is 0.953 bits per heavy atom. The fourth-order valence-corrected chi connectivity index (χ4v) is 8.49. The first-order valence-corrected chi connectivity index (χ1v) is 17.0. The van der Waals surface area contributed by atoms with Gasteiger partial charge in [0, 0.05) is 0 Å². The Morgan fingerprint density at radius 3 is 2.40 bits per heavy atom. The SMILES string of the molecule is CC(C)=CCC[C@@]1(C)OC(C)(C)O[C@H]1CC/C(C)=C/CCC1(C)CCCC2=C1CC[C@H](C)[C@@]2(C)Cc1cc(O)ccc1O. The summed E-state index contributed by atoms with van der Waals surface area (Å²) in [6.07, 6.45) is 18.0. The lowest BCUT2D eigenvalue weighted by Gasteiger charge is -2.51. The van der Waals surface area contributed by atoms with Gasteiger partial charge in [-0.25, -0.2) is 0 Å². The molecule has 2 aliphatic carbocycles. The van der Waals surface area contributed by atoms with Crippen molar-refractivity contribution in [1.29, 1.82) is 0 Å². The van der Waals surface area contributed by atoms with Gasteiger partial charge in [-0.1, -0.05) is 55.2 Å². The van der Waals surface area contributed by atoms with Gasteiger partial charge in [0.1, 0.15) is 11.5 Å². The van der Waals surface area contributed by atoms with Gasteiger partial charge in [0.2, 0.25) is 0 Å². The van der Waals surface area contributed by atoms with E-state index in [0.29, 0.717) is 11.7 Å². The Kier molecular flexibility index (Phi) is 10.3. The Hall–Kier alpha value is -2.04. The molecule has 1 unspecified atom stereocenters. The van der Waals surface area contributed by atoms with Crippen molar-refractivity contribution in [2.24, 2.45) is 16.7 Å². The van der Waals surface area contributed by atoms with E-state index in [9.17, 15) is 10.2 Å². The third-order valence-corrected chi connectivity index (χ3v) is 11.2. The Labute approximate surface area is 262 Å². The van der Waals surface area contributed by atoms with Crippen LogP contribution >= 0.6 is 0 Å². The monoisotopic (exact) mass is 592 g/mol. The Morgan fingerprint density at radius 2 is 1.67 bits per heavy atom. The molecule has 43 heavy (non-hydrogen) atoms. The van der Waals surface area contributed by atoms with Crippen LogP contribution in [0.4, 0.5) is 0 Å². The van der Waals surface area contributed by atoms with Gasteiger partial charge in [0.25, 0.3) is 0 Å². The van der Waals surface area contributed by atoms with E-state index in [1.165, 1.54) is 43.3 Å². The van der Waals surface area contributed by atoms with E-state index in [1.54, 1.807) is 29.3 Å². The molecular weight excluding hydrogens is 532 g/mol. The number of benzene rings is 1. The van der Waals surface area contributed by atoms with Crippen molar-refractivity contribution in [3.63, 3.8) is 0 Å². The number of ether oxygens (including phenoxy) is 2. The van der Waals surface area contributed by atoms with Gasteiger partial charge in [0.05, 0.1) is 11.7 Å². The first kappa shape index (κ1) is 33.8. The normalized spacial score (nSPS) is 32.5. The van der Waals surface area contributed by atoms with Crippen LogP contribution in [0, 0.1) is 16.7 Å². The Bertz CT molecular complexity index is 1230. The van der Waals surface area contributed by atoms with Gasteiger partial charge in [-0.2, -0.15) is 0 Å². The van der Waals surface area contributed by atoms with E-state index in [1.807, 2.05) is 13.8 Å². The van der Waals surface area contributed by atoms with E-state index >= 15 is 0 Å². The van der Waals surface area contributed by atoms with Crippen LogP contribution < -0.4 is 0 Å². The number of allylic oxidation sites excluding steroid dienone is 6. The van der Waals surface area contributed by atoms with Crippen molar-refractivity contribution >= 4 is 0 Å². The van der Waals surface area contributed by atoms with E-state index < -0.39 is 5.79 Å². The van der Waals surface area contributed by atoms with Gasteiger partial charge < -0.3 is 19.7 Å². The molecule has 1 saturated heterocycles. The zero-order valence-corrected chi connectivity index (χ0v) is 28.7. The smallest absolute Gasteiger partial charge is 0.164 e. The lowest BCUT2D eigenvalue weighted by Crippen LogP contribution is -2.40. The lowest BCUT2D eigenvalue weighted by molar-refractivity contribution is -0.161. The summed E-state index contributed by atoms with van der Waals surface area (Å²) in [6, 6.07) is 4.96. The lowest BCUT2D eigenvalue weighted by atomic mass is 9.54. The van der Waals surface area contributed by atoms with Crippen LogP contribution in [0.3, 0.4) is 0 Å². The zero-order valence-electron chi connectivity index (χ0n) is 28.7. The van der Waals surface area contributed by atoms with E-state index in [2.05, 4.69) is 60.6 Å². The summed E-state index contributed by atoms with van der Waals surface area (Å²) >= 11 is 0. The minimum atomic E-state index is -0.533. The number of aromatic hydroxyl groups is 2. The maximum atomic E-state index is 10.6. The highest BCUT2D eigenvalue weighted by Crippen LogP contribution is 2.58. The first-order chi connectivity index (χ1) is 20.1. The van der Waals surface area contributed by atoms with Crippen molar-refractivity contribution in [2.45, 2.75) is 157 Å². The highest BCUT2D eigenvalue weighted by molar-refractivity contribution is 5.42. The maximum absolute atomic E-state index is 10.6. The van der Waals surface area contributed by atoms with E-state index in [4.69, 9.17) is 9.47 Å². The molecule has 5 atom stereocenters. The summed E-state index contributed by atoms with van der Waals surface area (Å²) in [5.41, 5.74) is 6.97. The topological polar surface area (TPSA) is 58.9 Å². The fourth-order valence-electron chi connectivity index (χ4n) is 8.49. The second kappa shape index (κ2) is 13.1. The van der Waals surface area contributed by atoms with Gasteiger partial charge in [-0.15, -0.1) is 0 Å². The molecule has 1 heterocycles. The molecule has 0 saturated carbocycles. The summed E-state index contributed by atoms with van der Waals surface area (Å²) in [7, 11) is 0. The third kappa shape index (κ3) is 7.79. The quantitative estimate of drug-likeness (QED) is 0.198. The largest absolute Gasteiger partial charge is 0.508 e. The third-order valence-electron chi connectivity index (χ3n) is 11.2. The van der Waals surface area contributed by atoms with Gasteiger partial charge in [-0.3, -0.25) is 0 Å². The molecule has 1 aromatic rings. The van der Waals surface area contributed by atoms with Crippen molar-refractivity contribution in [2.75, 3.05) is 0 Å². The average molecular weight is 593 g/mol. The second-order valence-electron chi connectivity index (χ2n) is 15.6. The molecule has 0 bridgehead atoms. The van der Waals surface area contributed by atoms with Crippen molar-refractivity contribution in [3.05, 3.63) is 58.2 Å². The average Bonchev–Trinajstić information content (AvgIpc) is 3.15. The van der Waals surface area contributed by atoms with Crippen LogP contribution in [0.1, 0.15) is 139 Å². The van der Waals surface area contributed by atoms with Crippen LogP contribution in [0.5, 0.6) is 11.5 Å². The van der Waals surface area contributed by atoms with Crippen LogP contribution in [0.2, 0.25) is 0 Å². The number of rotatable bonds is 11. The van der Waals surface area contributed by atoms with Crippen LogP contribution in [-0.2, 0) is 15.9 Å². The molecule has 1 aliphatic heterocycles. The molecule has 0 radical (unpaired) electrons. The van der Waals surface area contributed by atoms with Crippen LogP contribution in [0.25, 0.3) is 0 Å². The molecule has 240 valence electrons. The molecule has 4 heteroatoms. The van der Waals surface area contributed by atoms with Gasteiger partial charge >= 0.3 is 0 Å². The number of hydrogen-bond acceptors (Lipinski definition) is 4. The summed E-state index contributed by atoms with van der Waals surface area (Å²) in [5, 5.41) is 20.7. The summed E-state index contributed by atoms with van der Waals surface area (Å²) in [4.78, 5) is 0. The van der Waals surface area contributed by atoms with E-state index in [-0.39, 0.29) is 28.3 Å². The molecule has 4 nitrogen and oxygen atoms in total. The second-order valence-corrected chi connectivity index (χ2v) is 15.6. The highest BCUT2D eigenvalue weighted by atomic mass is 16.8. The summed E-state index contributed by atoms with van der Waals surface area (Å²) in [5.74, 6) is 0.532. The van der Waals surface area contributed by atoms with Crippen LogP contribution in [0.15, 0.2) is 52.6 Å². The minimum Gasteiger partial charge on any atom is -0.508 e. The van der Waals surface area contributed by atoms with Crippen LogP contribution in [-0.4, -0.2) is 27.7 Å². The summed E-state index contributed by atoms with van der Waals surface area (Å²) in [6.45, 7) is 20.2. The molecule has 3 aliphatic rings. The molecule has 0 spiro atoms. The predicted octanol–water partition coefficient (Wildman–Crippen LogP) is 10.7. The van der Waals surface area contributed by atoms with Crippen molar-refractivity contribution in [1.82, 2.24) is 0 Å². The highest BCUT2D eigenvalue weighted by Gasteiger charge is 2.49. The zero-order chi connectivity index (χ0) is 31.6. The maximum Gasteiger partial charge on any atom is 0.164 e. The summed E-state index contributed by atoms with van der Waals surface area (Å²) < 4.78 is 12.9. The molecule has 1 aromatic carbocycles. The molecule has 1 fully saturated rings. The number of phenolic OH excluding ortho intramolecular Hbond substituents is 2. The molecule has 0 amide bonds. The molecular formula is C39H60O4. The number of hydrogen-bond donors (Lipinski definition) is 2. The standard InChI is InChI=1S/C39H60O4/c1-27(2)13-10-24-39(9)35(42-36(5,6)43-39)21-16-28(3)14-11-22-37(7)23-12-15-33-32(37)19-17-29(4)38(33,8)26-30-25-31(40)18-20-34(30)41/h13-14,18,20,25,29,35,40-41H,10-12,15-17,19,21-24,26H2,1-9H3/b28-14+/t29-,35-,37?,38+,39+/m0/s1. The van der Waals surface area contributed by atoms with Crippen molar-refractivity contribution < 1.29 is 19.7 Å². The predicted molar refractivity (Wildman–Crippen MR) is 178 cm³/mol. The Balaban J connectivity index is 1.42. The van der Waals surface area contributed by atoms with Gasteiger partial charge in [-0.05, 0) is 159 Å². The molecule has 4 rings (SSSR count).